The number of carbonyl (C=O) groups is 1. The molecule has 0 unspecified atom stereocenters. The minimum Gasteiger partial charge on any atom is -0.356 e. The lowest BCUT2D eigenvalue weighted by atomic mass is 9.94. The van der Waals surface area contributed by atoms with Gasteiger partial charge in [0, 0.05) is 38.4 Å². The van der Waals surface area contributed by atoms with Crippen LogP contribution in [0.1, 0.15) is 54.9 Å². The average molecular weight is 367 g/mol. The summed E-state index contributed by atoms with van der Waals surface area (Å²) in [5.74, 6) is 1.40. The summed E-state index contributed by atoms with van der Waals surface area (Å²) in [4.78, 5) is 26.2. The summed E-state index contributed by atoms with van der Waals surface area (Å²) in [5, 5.41) is 0. The zero-order chi connectivity index (χ0) is 19.4. The molecule has 0 radical (unpaired) electrons. The van der Waals surface area contributed by atoms with Gasteiger partial charge in [-0.1, -0.05) is 43.0 Å². The minimum absolute atomic E-state index is 0.0223. The van der Waals surface area contributed by atoms with Crippen LogP contribution in [0, 0.1) is 6.92 Å². The summed E-state index contributed by atoms with van der Waals surface area (Å²) in [6, 6.07) is 8.61. The lowest BCUT2D eigenvalue weighted by molar-refractivity contribution is 0.0802. The van der Waals surface area contributed by atoms with Crippen LogP contribution in [0.4, 0.5) is 5.82 Å². The van der Waals surface area contributed by atoms with Crippen LogP contribution in [0.5, 0.6) is 0 Å². The Balaban J connectivity index is 2.04. The summed E-state index contributed by atoms with van der Waals surface area (Å²) in [6.07, 6.45) is 7.78. The van der Waals surface area contributed by atoms with Gasteiger partial charge in [0.25, 0.3) is 5.91 Å². The number of amides is 1. The third-order valence-electron chi connectivity index (χ3n) is 5.55. The summed E-state index contributed by atoms with van der Waals surface area (Å²) < 4.78 is 0. The molecule has 5 heteroatoms. The molecule has 1 aromatic heterocycles. The number of aromatic nitrogens is 2. The predicted molar refractivity (Wildman–Crippen MR) is 110 cm³/mol. The number of benzene rings is 1. The Bertz CT molecular complexity index is 799. The Hall–Kier alpha value is -2.43. The highest BCUT2D eigenvalue weighted by molar-refractivity contribution is 5.98. The van der Waals surface area contributed by atoms with Crippen LogP contribution in [-0.2, 0) is 0 Å². The number of anilines is 1. The molecule has 144 valence electrons. The van der Waals surface area contributed by atoms with Crippen LogP contribution in [0.25, 0.3) is 11.4 Å². The largest absolute Gasteiger partial charge is 0.356 e. The first-order valence-electron chi connectivity index (χ1n) is 9.93. The molecule has 1 heterocycles. The molecule has 0 spiro atoms. The van der Waals surface area contributed by atoms with Gasteiger partial charge in [0.2, 0.25) is 0 Å². The maximum Gasteiger partial charge on any atom is 0.258 e. The standard InChI is InChI=1S/C22H30N4O/c1-5-25(3)22(27)19-15-23-20(17-11-9-10-16(2)14-17)24-21(19)26(4)18-12-7-6-8-13-18/h9-11,14-15,18H,5-8,12-13H2,1-4H3. The molecule has 27 heavy (non-hydrogen) atoms. The van der Waals surface area contributed by atoms with E-state index in [1.807, 2.05) is 26.1 Å². The molecule has 1 saturated carbocycles. The summed E-state index contributed by atoms with van der Waals surface area (Å²) in [6.45, 7) is 4.70. The van der Waals surface area contributed by atoms with Crippen molar-refractivity contribution in [3.05, 3.63) is 41.6 Å². The normalized spacial score (nSPS) is 14.8. The topological polar surface area (TPSA) is 49.3 Å². The van der Waals surface area contributed by atoms with Gasteiger partial charge < -0.3 is 9.80 Å². The van der Waals surface area contributed by atoms with E-state index in [1.165, 1.54) is 24.8 Å². The number of hydrogen-bond acceptors (Lipinski definition) is 4. The van der Waals surface area contributed by atoms with Crippen molar-refractivity contribution in [2.24, 2.45) is 0 Å². The monoisotopic (exact) mass is 366 g/mol. The Labute approximate surface area is 162 Å². The fraction of sp³-hybridized carbons (Fsp3) is 0.500. The van der Waals surface area contributed by atoms with Crippen molar-refractivity contribution in [1.82, 2.24) is 14.9 Å². The highest BCUT2D eigenvalue weighted by Crippen LogP contribution is 2.29. The molecule has 1 fully saturated rings. The van der Waals surface area contributed by atoms with E-state index in [-0.39, 0.29) is 5.91 Å². The molecule has 2 aromatic rings. The van der Waals surface area contributed by atoms with E-state index in [2.05, 4.69) is 36.0 Å². The molecule has 0 atom stereocenters. The molecule has 1 aliphatic rings. The fourth-order valence-corrected chi connectivity index (χ4v) is 3.71. The summed E-state index contributed by atoms with van der Waals surface area (Å²) >= 11 is 0. The SMILES string of the molecule is CCN(C)C(=O)c1cnc(-c2cccc(C)c2)nc1N(C)C1CCCCC1. The van der Waals surface area contributed by atoms with E-state index < -0.39 is 0 Å². The zero-order valence-corrected chi connectivity index (χ0v) is 16.9. The van der Waals surface area contributed by atoms with E-state index in [1.54, 1.807) is 11.1 Å². The molecule has 0 saturated heterocycles. The van der Waals surface area contributed by atoms with Crippen molar-refractivity contribution >= 4 is 11.7 Å². The highest BCUT2D eigenvalue weighted by atomic mass is 16.2. The van der Waals surface area contributed by atoms with Crippen LogP contribution >= 0.6 is 0 Å². The maximum atomic E-state index is 12.9. The van der Waals surface area contributed by atoms with Crippen LogP contribution in [0.15, 0.2) is 30.5 Å². The van der Waals surface area contributed by atoms with Gasteiger partial charge in [-0.25, -0.2) is 9.97 Å². The van der Waals surface area contributed by atoms with Crippen molar-refractivity contribution < 1.29 is 4.79 Å². The number of carbonyl (C=O) groups excluding carboxylic acids is 1. The van der Waals surface area contributed by atoms with Gasteiger partial charge >= 0.3 is 0 Å². The quantitative estimate of drug-likeness (QED) is 0.791. The van der Waals surface area contributed by atoms with Crippen LogP contribution in [-0.4, -0.2) is 47.5 Å². The third kappa shape index (κ3) is 4.29. The van der Waals surface area contributed by atoms with Crippen molar-refractivity contribution in [2.45, 2.75) is 52.0 Å². The van der Waals surface area contributed by atoms with Crippen molar-refractivity contribution in [1.29, 1.82) is 0 Å². The Morgan fingerprint density at radius 2 is 1.93 bits per heavy atom. The van der Waals surface area contributed by atoms with Gasteiger partial charge in [-0.2, -0.15) is 0 Å². The number of hydrogen-bond donors (Lipinski definition) is 0. The first-order valence-corrected chi connectivity index (χ1v) is 9.93. The molecule has 3 rings (SSSR count). The van der Waals surface area contributed by atoms with Crippen LogP contribution < -0.4 is 4.90 Å². The molecule has 1 aliphatic carbocycles. The predicted octanol–water partition coefficient (Wildman–Crippen LogP) is 4.31. The second-order valence-corrected chi connectivity index (χ2v) is 7.52. The van der Waals surface area contributed by atoms with Gasteiger partial charge in [-0.3, -0.25) is 4.79 Å². The molecule has 1 aromatic carbocycles. The lowest BCUT2D eigenvalue weighted by Crippen LogP contribution is -2.36. The van der Waals surface area contributed by atoms with E-state index in [0.717, 1.165) is 24.2 Å². The highest BCUT2D eigenvalue weighted by Gasteiger charge is 2.26. The van der Waals surface area contributed by atoms with Gasteiger partial charge in [-0.15, -0.1) is 0 Å². The minimum atomic E-state index is -0.0223. The maximum absolute atomic E-state index is 12.9. The first kappa shape index (κ1) is 19.3. The molecular formula is C22H30N4O. The lowest BCUT2D eigenvalue weighted by Gasteiger charge is -2.33. The molecular weight excluding hydrogens is 336 g/mol. The van der Waals surface area contributed by atoms with Crippen LogP contribution in [0.2, 0.25) is 0 Å². The third-order valence-corrected chi connectivity index (χ3v) is 5.55. The number of aryl methyl sites for hydroxylation is 1. The first-order chi connectivity index (χ1) is 13.0. The van der Waals surface area contributed by atoms with Crippen molar-refractivity contribution in [3.8, 4) is 11.4 Å². The summed E-state index contributed by atoms with van der Waals surface area (Å²) in [5.41, 5.74) is 2.74. The molecule has 0 N–H and O–H groups in total. The van der Waals surface area contributed by atoms with E-state index in [9.17, 15) is 4.79 Å². The Kier molecular flexibility index (Phi) is 6.09. The second-order valence-electron chi connectivity index (χ2n) is 7.52. The average Bonchev–Trinajstić information content (AvgIpc) is 2.72. The molecule has 0 bridgehead atoms. The number of rotatable bonds is 5. The van der Waals surface area contributed by atoms with Crippen LogP contribution in [0.3, 0.4) is 0 Å². The summed E-state index contributed by atoms with van der Waals surface area (Å²) in [7, 11) is 3.89. The van der Waals surface area contributed by atoms with E-state index in [4.69, 9.17) is 4.98 Å². The Morgan fingerprint density at radius 3 is 2.59 bits per heavy atom. The van der Waals surface area contributed by atoms with Gasteiger partial charge in [0.1, 0.15) is 11.4 Å². The van der Waals surface area contributed by atoms with Gasteiger partial charge in [0.05, 0.1) is 0 Å². The molecule has 0 aliphatic heterocycles. The Morgan fingerprint density at radius 1 is 1.19 bits per heavy atom. The van der Waals surface area contributed by atoms with E-state index >= 15 is 0 Å². The van der Waals surface area contributed by atoms with Gasteiger partial charge in [0.15, 0.2) is 5.82 Å². The van der Waals surface area contributed by atoms with Crippen molar-refractivity contribution in [3.63, 3.8) is 0 Å². The van der Waals surface area contributed by atoms with E-state index in [0.29, 0.717) is 24.0 Å². The second kappa shape index (κ2) is 8.51. The van der Waals surface area contributed by atoms with Gasteiger partial charge in [-0.05, 0) is 32.8 Å². The van der Waals surface area contributed by atoms with Crippen molar-refractivity contribution in [2.75, 3.05) is 25.5 Å². The molecule has 5 nitrogen and oxygen atoms in total. The molecule has 1 amide bonds. The fourth-order valence-electron chi connectivity index (χ4n) is 3.71. The smallest absolute Gasteiger partial charge is 0.258 e. The zero-order valence-electron chi connectivity index (χ0n) is 16.9. The number of nitrogens with zero attached hydrogens (tertiary/aromatic N) is 4.